The SMILES string of the molecule is CCNC(=NCc1nnc2ccccn12)NCC1(c2ccc(OC)cc2)CCCCC1. The highest BCUT2D eigenvalue weighted by Crippen LogP contribution is 2.39. The first kappa shape index (κ1) is 21.2. The number of nitrogens with zero attached hydrogens (tertiary/aromatic N) is 4. The second-order valence-corrected chi connectivity index (χ2v) is 8.16. The summed E-state index contributed by atoms with van der Waals surface area (Å²) in [5.74, 6) is 2.54. The van der Waals surface area contributed by atoms with Gasteiger partial charge in [0.2, 0.25) is 0 Å². The van der Waals surface area contributed by atoms with Gasteiger partial charge in [0.25, 0.3) is 0 Å². The van der Waals surface area contributed by atoms with Crippen molar-refractivity contribution >= 4 is 11.6 Å². The summed E-state index contributed by atoms with van der Waals surface area (Å²) in [7, 11) is 1.71. The van der Waals surface area contributed by atoms with E-state index in [0.717, 1.165) is 36.3 Å². The Balaban J connectivity index is 1.51. The highest BCUT2D eigenvalue weighted by atomic mass is 16.5. The van der Waals surface area contributed by atoms with Crippen molar-refractivity contribution in [3.8, 4) is 5.75 Å². The lowest BCUT2D eigenvalue weighted by molar-refractivity contribution is 0.291. The van der Waals surface area contributed by atoms with E-state index in [1.54, 1.807) is 7.11 Å². The number of benzene rings is 1. The predicted molar refractivity (Wildman–Crippen MR) is 124 cm³/mol. The molecule has 7 heteroatoms. The van der Waals surface area contributed by atoms with Gasteiger partial charge in [-0.15, -0.1) is 10.2 Å². The van der Waals surface area contributed by atoms with Crippen LogP contribution in [-0.4, -0.2) is 40.8 Å². The number of ether oxygens (including phenoxy) is 1. The van der Waals surface area contributed by atoms with E-state index in [-0.39, 0.29) is 5.41 Å². The van der Waals surface area contributed by atoms with Crippen LogP contribution in [0, 0.1) is 0 Å². The van der Waals surface area contributed by atoms with Crippen molar-refractivity contribution in [1.29, 1.82) is 0 Å². The fourth-order valence-electron chi connectivity index (χ4n) is 4.48. The second kappa shape index (κ2) is 9.81. The minimum Gasteiger partial charge on any atom is -0.497 e. The van der Waals surface area contributed by atoms with Gasteiger partial charge < -0.3 is 15.4 Å². The summed E-state index contributed by atoms with van der Waals surface area (Å²) < 4.78 is 7.34. The molecule has 0 bridgehead atoms. The van der Waals surface area contributed by atoms with E-state index in [4.69, 9.17) is 9.73 Å². The first-order valence-electron chi connectivity index (χ1n) is 11.2. The first-order valence-corrected chi connectivity index (χ1v) is 11.2. The summed E-state index contributed by atoms with van der Waals surface area (Å²) in [6.07, 6.45) is 8.16. The summed E-state index contributed by atoms with van der Waals surface area (Å²) in [6, 6.07) is 14.5. The summed E-state index contributed by atoms with van der Waals surface area (Å²) in [5.41, 5.74) is 2.33. The standard InChI is InChI=1S/C24H32N6O/c1-3-25-23(26-17-22-29-28-21-9-5-8-16-30(21)22)27-18-24(14-6-4-7-15-24)19-10-12-20(31-2)13-11-19/h5,8-13,16H,3-4,6-7,14-15,17-18H2,1-2H3,(H2,25,26,27). The molecule has 1 aromatic carbocycles. The molecule has 1 aliphatic rings. The maximum atomic E-state index is 5.36. The maximum Gasteiger partial charge on any atom is 0.191 e. The molecule has 4 rings (SSSR count). The molecule has 1 saturated carbocycles. The topological polar surface area (TPSA) is 75.8 Å². The molecule has 3 aromatic rings. The average Bonchev–Trinajstić information content (AvgIpc) is 3.25. The molecule has 0 unspecified atom stereocenters. The second-order valence-electron chi connectivity index (χ2n) is 8.16. The molecule has 1 fully saturated rings. The minimum atomic E-state index is 0.113. The van der Waals surface area contributed by atoms with E-state index in [2.05, 4.69) is 52.0 Å². The lowest BCUT2D eigenvalue weighted by Gasteiger charge is -2.38. The minimum absolute atomic E-state index is 0.113. The molecular formula is C24H32N6O. The Kier molecular flexibility index (Phi) is 6.70. The van der Waals surface area contributed by atoms with Gasteiger partial charge in [0.1, 0.15) is 12.3 Å². The fourth-order valence-corrected chi connectivity index (χ4v) is 4.48. The quantitative estimate of drug-likeness (QED) is 0.450. The van der Waals surface area contributed by atoms with Gasteiger partial charge in [0.05, 0.1) is 7.11 Å². The number of hydrogen-bond donors (Lipinski definition) is 2. The molecule has 0 aliphatic heterocycles. The Labute approximate surface area is 183 Å². The number of nitrogens with one attached hydrogen (secondary N) is 2. The number of pyridine rings is 1. The first-order chi connectivity index (χ1) is 15.2. The molecule has 31 heavy (non-hydrogen) atoms. The van der Waals surface area contributed by atoms with Crippen LogP contribution in [0.15, 0.2) is 53.7 Å². The molecule has 0 spiro atoms. The van der Waals surface area contributed by atoms with Crippen molar-refractivity contribution in [1.82, 2.24) is 25.2 Å². The highest BCUT2D eigenvalue weighted by molar-refractivity contribution is 5.79. The zero-order valence-electron chi connectivity index (χ0n) is 18.5. The number of guanidine groups is 1. The van der Waals surface area contributed by atoms with E-state index >= 15 is 0 Å². The molecule has 0 amide bonds. The number of rotatable bonds is 7. The van der Waals surface area contributed by atoms with Crippen LogP contribution in [-0.2, 0) is 12.0 Å². The van der Waals surface area contributed by atoms with Crippen molar-refractivity contribution in [2.45, 2.75) is 51.0 Å². The van der Waals surface area contributed by atoms with Gasteiger partial charge in [-0.3, -0.25) is 4.40 Å². The normalized spacial score (nSPS) is 16.3. The number of aliphatic imine (C=N–C) groups is 1. The monoisotopic (exact) mass is 420 g/mol. The Morgan fingerprint density at radius 2 is 1.87 bits per heavy atom. The molecule has 0 atom stereocenters. The van der Waals surface area contributed by atoms with Gasteiger partial charge in [-0.2, -0.15) is 0 Å². The van der Waals surface area contributed by atoms with Crippen molar-refractivity contribution in [2.24, 2.45) is 4.99 Å². The van der Waals surface area contributed by atoms with Crippen molar-refractivity contribution in [3.63, 3.8) is 0 Å². The smallest absolute Gasteiger partial charge is 0.191 e. The van der Waals surface area contributed by atoms with Gasteiger partial charge in [-0.1, -0.05) is 37.5 Å². The molecule has 2 heterocycles. The Hall–Kier alpha value is -3.09. The Morgan fingerprint density at radius 3 is 2.61 bits per heavy atom. The number of fused-ring (bicyclic) bond motifs is 1. The molecule has 2 aromatic heterocycles. The van der Waals surface area contributed by atoms with Crippen LogP contribution in [0.5, 0.6) is 5.75 Å². The average molecular weight is 421 g/mol. The maximum absolute atomic E-state index is 5.36. The summed E-state index contributed by atoms with van der Waals surface area (Å²) in [6.45, 7) is 4.22. The molecule has 0 saturated heterocycles. The zero-order chi connectivity index (χ0) is 21.5. The van der Waals surface area contributed by atoms with Crippen LogP contribution in [0.3, 0.4) is 0 Å². The molecular weight excluding hydrogens is 388 g/mol. The third-order valence-corrected chi connectivity index (χ3v) is 6.21. The van der Waals surface area contributed by atoms with Gasteiger partial charge >= 0.3 is 0 Å². The molecule has 0 radical (unpaired) electrons. The van der Waals surface area contributed by atoms with E-state index in [9.17, 15) is 0 Å². The van der Waals surface area contributed by atoms with Crippen molar-refractivity contribution < 1.29 is 4.74 Å². The fraction of sp³-hybridized carbons (Fsp3) is 0.458. The largest absolute Gasteiger partial charge is 0.497 e. The summed E-state index contributed by atoms with van der Waals surface area (Å²) in [5, 5.41) is 15.5. The lowest BCUT2D eigenvalue weighted by atomic mass is 9.69. The lowest BCUT2D eigenvalue weighted by Crippen LogP contribution is -2.46. The van der Waals surface area contributed by atoms with Crippen molar-refractivity contribution in [2.75, 3.05) is 20.2 Å². The van der Waals surface area contributed by atoms with Gasteiger partial charge in [0.15, 0.2) is 17.4 Å². The van der Waals surface area contributed by atoms with Crippen LogP contribution >= 0.6 is 0 Å². The number of hydrogen-bond acceptors (Lipinski definition) is 4. The predicted octanol–water partition coefficient (Wildman–Crippen LogP) is 3.70. The van der Waals surface area contributed by atoms with Gasteiger partial charge in [0, 0.05) is 24.7 Å². The van der Waals surface area contributed by atoms with Crippen LogP contribution in [0.25, 0.3) is 5.65 Å². The van der Waals surface area contributed by atoms with Gasteiger partial charge in [-0.05, 0) is 49.6 Å². The third-order valence-electron chi connectivity index (χ3n) is 6.21. The van der Waals surface area contributed by atoms with Crippen LogP contribution in [0.1, 0.15) is 50.4 Å². The zero-order valence-corrected chi connectivity index (χ0v) is 18.5. The molecule has 1 aliphatic carbocycles. The van der Waals surface area contributed by atoms with Gasteiger partial charge in [-0.25, -0.2) is 4.99 Å². The van der Waals surface area contributed by atoms with E-state index in [0.29, 0.717) is 6.54 Å². The van der Waals surface area contributed by atoms with Crippen molar-refractivity contribution in [3.05, 3.63) is 60.0 Å². The number of aromatic nitrogens is 3. The Bertz CT molecular complexity index is 1000. The molecule has 164 valence electrons. The highest BCUT2D eigenvalue weighted by Gasteiger charge is 2.34. The molecule has 2 N–H and O–H groups in total. The van der Waals surface area contributed by atoms with E-state index in [1.807, 2.05) is 28.8 Å². The van der Waals surface area contributed by atoms with Crippen LogP contribution < -0.4 is 15.4 Å². The van der Waals surface area contributed by atoms with Crippen LogP contribution in [0.4, 0.5) is 0 Å². The Morgan fingerprint density at radius 1 is 1.06 bits per heavy atom. The van der Waals surface area contributed by atoms with E-state index in [1.165, 1.54) is 37.7 Å². The molecule has 7 nitrogen and oxygen atoms in total. The number of methoxy groups -OCH3 is 1. The van der Waals surface area contributed by atoms with Crippen LogP contribution in [0.2, 0.25) is 0 Å². The van der Waals surface area contributed by atoms with E-state index < -0.39 is 0 Å². The summed E-state index contributed by atoms with van der Waals surface area (Å²) >= 11 is 0. The third kappa shape index (κ3) is 4.81. The summed E-state index contributed by atoms with van der Waals surface area (Å²) in [4.78, 5) is 4.79.